The summed E-state index contributed by atoms with van der Waals surface area (Å²) >= 11 is 1.47. The first-order valence-corrected chi connectivity index (χ1v) is 8.24. The van der Waals surface area contributed by atoms with Crippen LogP contribution in [-0.2, 0) is 4.79 Å². The Hall–Kier alpha value is -0.990. The van der Waals surface area contributed by atoms with Gasteiger partial charge >= 0.3 is 12.0 Å². The summed E-state index contributed by atoms with van der Waals surface area (Å²) in [4.78, 5) is 28.8. The van der Waals surface area contributed by atoms with Crippen LogP contribution < -0.4 is 0 Å². The van der Waals surface area contributed by atoms with Crippen molar-refractivity contribution >= 4 is 23.8 Å². The van der Waals surface area contributed by atoms with Gasteiger partial charge in [-0.25, -0.2) is 9.59 Å². The Balaban J connectivity index is 1.87. The Morgan fingerprint density at radius 1 is 1.24 bits per heavy atom. The fourth-order valence-electron chi connectivity index (χ4n) is 2.66. The van der Waals surface area contributed by atoms with Crippen LogP contribution in [0.2, 0.25) is 0 Å². The van der Waals surface area contributed by atoms with Crippen LogP contribution in [0.5, 0.6) is 0 Å². The summed E-state index contributed by atoms with van der Waals surface area (Å²) in [6.07, 6.45) is 0. The van der Waals surface area contributed by atoms with Crippen molar-refractivity contribution in [1.29, 1.82) is 0 Å². The maximum Gasteiger partial charge on any atom is 0.327 e. The van der Waals surface area contributed by atoms with Crippen molar-refractivity contribution in [2.24, 2.45) is 0 Å². The molecule has 7 nitrogen and oxygen atoms in total. The molecule has 0 aliphatic carbocycles. The van der Waals surface area contributed by atoms with Gasteiger partial charge in [0.05, 0.1) is 11.5 Å². The summed E-state index contributed by atoms with van der Waals surface area (Å²) in [7, 11) is 0. The number of carbonyl (C=O) groups excluding carboxylic acids is 1. The highest BCUT2D eigenvalue weighted by atomic mass is 32.2. The summed E-state index contributed by atoms with van der Waals surface area (Å²) in [6, 6.07) is -0.896. The van der Waals surface area contributed by atoms with Crippen LogP contribution in [0.1, 0.15) is 13.8 Å². The predicted molar refractivity (Wildman–Crippen MR) is 80.3 cm³/mol. The quantitative estimate of drug-likeness (QED) is 0.759. The van der Waals surface area contributed by atoms with Crippen molar-refractivity contribution in [2.45, 2.75) is 25.5 Å². The van der Waals surface area contributed by atoms with Crippen molar-refractivity contribution in [3.63, 3.8) is 0 Å². The van der Waals surface area contributed by atoms with Gasteiger partial charge in [-0.05, 0) is 13.8 Å². The molecule has 2 fully saturated rings. The van der Waals surface area contributed by atoms with Gasteiger partial charge in [0.1, 0.15) is 6.04 Å². The van der Waals surface area contributed by atoms with E-state index < -0.39 is 17.6 Å². The second-order valence-electron chi connectivity index (χ2n) is 6.18. The number of carboxylic acid groups (broad SMARTS) is 1. The Morgan fingerprint density at radius 2 is 1.86 bits per heavy atom. The van der Waals surface area contributed by atoms with Crippen molar-refractivity contribution in [1.82, 2.24) is 14.7 Å². The summed E-state index contributed by atoms with van der Waals surface area (Å²) < 4.78 is 0. The number of β-amino-alcohol motifs (C(OH)–C–C–N with tert-alkyl or cyclic N) is 1. The van der Waals surface area contributed by atoms with E-state index in [1.807, 2.05) is 0 Å². The smallest absolute Gasteiger partial charge is 0.327 e. The van der Waals surface area contributed by atoms with Gasteiger partial charge in [0, 0.05) is 38.5 Å². The first-order chi connectivity index (χ1) is 9.78. The number of amides is 2. The third-order valence-corrected chi connectivity index (χ3v) is 4.68. The Morgan fingerprint density at radius 3 is 2.38 bits per heavy atom. The van der Waals surface area contributed by atoms with E-state index in [2.05, 4.69) is 4.90 Å². The summed E-state index contributed by atoms with van der Waals surface area (Å²) in [5, 5.41) is 19.0. The molecule has 120 valence electrons. The van der Waals surface area contributed by atoms with E-state index in [1.54, 1.807) is 18.7 Å². The van der Waals surface area contributed by atoms with Crippen LogP contribution in [-0.4, -0.2) is 92.9 Å². The van der Waals surface area contributed by atoms with Gasteiger partial charge in [-0.1, -0.05) is 0 Å². The lowest BCUT2D eigenvalue weighted by atomic mass is 10.1. The number of hydrogen-bond donors (Lipinski definition) is 2. The molecule has 0 saturated carbocycles. The number of urea groups is 1. The molecule has 2 heterocycles. The molecule has 1 atom stereocenters. The lowest BCUT2D eigenvalue weighted by molar-refractivity contribution is -0.141. The Labute approximate surface area is 128 Å². The van der Waals surface area contributed by atoms with Crippen LogP contribution >= 0.6 is 11.8 Å². The van der Waals surface area contributed by atoms with Gasteiger partial charge in [-0.2, -0.15) is 0 Å². The van der Waals surface area contributed by atoms with Crippen LogP contribution in [0.25, 0.3) is 0 Å². The molecule has 0 radical (unpaired) electrons. The third kappa shape index (κ3) is 4.24. The largest absolute Gasteiger partial charge is 0.480 e. The molecule has 0 aromatic rings. The van der Waals surface area contributed by atoms with Crippen LogP contribution in [0, 0.1) is 0 Å². The highest BCUT2D eigenvalue weighted by Gasteiger charge is 2.37. The second-order valence-corrected chi connectivity index (χ2v) is 7.18. The molecule has 0 aromatic carbocycles. The average Bonchev–Trinajstić information content (AvgIpc) is 2.86. The maximum absolute atomic E-state index is 12.4. The van der Waals surface area contributed by atoms with Crippen LogP contribution in [0.15, 0.2) is 0 Å². The fourth-order valence-corrected chi connectivity index (χ4v) is 3.80. The van der Waals surface area contributed by atoms with E-state index in [9.17, 15) is 14.7 Å². The SMILES string of the molecule is CC(C)(O)CN1CCN(C(=O)N2CSC[C@H]2C(=O)O)CC1. The molecule has 2 aliphatic rings. The van der Waals surface area contributed by atoms with E-state index in [1.165, 1.54) is 16.7 Å². The fraction of sp³-hybridized carbons (Fsp3) is 0.846. The normalized spacial score (nSPS) is 24.4. The van der Waals surface area contributed by atoms with Gasteiger partial charge in [0.15, 0.2) is 0 Å². The van der Waals surface area contributed by atoms with Crippen LogP contribution in [0.3, 0.4) is 0 Å². The lowest BCUT2D eigenvalue weighted by Crippen LogP contribution is -2.56. The number of aliphatic carboxylic acids is 1. The average molecular weight is 317 g/mol. The van der Waals surface area contributed by atoms with Gasteiger partial charge in [0.2, 0.25) is 0 Å². The zero-order valence-electron chi connectivity index (χ0n) is 12.5. The van der Waals surface area contributed by atoms with E-state index in [0.717, 1.165) is 0 Å². The van der Waals surface area contributed by atoms with Gasteiger partial charge in [-0.3, -0.25) is 4.90 Å². The van der Waals surface area contributed by atoms with Crippen molar-refractivity contribution in [3.05, 3.63) is 0 Å². The van der Waals surface area contributed by atoms with Crippen molar-refractivity contribution in [2.75, 3.05) is 44.4 Å². The predicted octanol–water partition coefficient (Wildman–Crippen LogP) is -0.0456. The molecule has 0 spiro atoms. The second kappa shape index (κ2) is 6.41. The molecule has 0 aromatic heterocycles. The van der Waals surface area contributed by atoms with E-state index in [4.69, 9.17) is 5.11 Å². The minimum absolute atomic E-state index is 0.185. The molecule has 0 bridgehead atoms. The van der Waals surface area contributed by atoms with Crippen molar-refractivity contribution in [3.8, 4) is 0 Å². The minimum atomic E-state index is -0.936. The number of nitrogens with zero attached hydrogens (tertiary/aromatic N) is 3. The molecule has 2 N–H and O–H groups in total. The highest BCUT2D eigenvalue weighted by Crippen LogP contribution is 2.23. The van der Waals surface area contributed by atoms with E-state index >= 15 is 0 Å². The number of aliphatic hydroxyl groups is 1. The number of rotatable bonds is 3. The monoisotopic (exact) mass is 317 g/mol. The molecule has 2 saturated heterocycles. The molecule has 2 rings (SSSR count). The number of carbonyl (C=O) groups is 2. The first kappa shape index (κ1) is 16.4. The summed E-state index contributed by atoms with van der Waals surface area (Å²) in [5.41, 5.74) is -0.744. The van der Waals surface area contributed by atoms with Crippen molar-refractivity contribution < 1.29 is 19.8 Å². The first-order valence-electron chi connectivity index (χ1n) is 7.09. The standard InChI is InChI=1S/C13H23N3O4S/c1-13(2,20)8-14-3-5-15(6-4-14)12(19)16-9-21-7-10(16)11(17)18/h10,20H,3-9H2,1-2H3,(H,17,18)/t10-/m0/s1. The van der Waals surface area contributed by atoms with Gasteiger partial charge in [0.25, 0.3) is 0 Å². The van der Waals surface area contributed by atoms with E-state index in [0.29, 0.717) is 44.4 Å². The Bertz CT molecular complexity index is 405. The van der Waals surface area contributed by atoms with Gasteiger partial charge in [-0.15, -0.1) is 11.8 Å². The van der Waals surface area contributed by atoms with Crippen LogP contribution in [0.4, 0.5) is 4.79 Å². The highest BCUT2D eigenvalue weighted by molar-refractivity contribution is 7.99. The zero-order valence-corrected chi connectivity index (χ0v) is 13.3. The maximum atomic E-state index is 12.4. The summed E-state index contributed by atoms with van der Waals surface area (Å²) in [6.45, 7) is 6.66. The molecule has 21 heavy (non-hydrogen) atoms. The molecule has 2 amide bonds. The molecular formula is C13H23N3O4S. The lowest BCUT2D eigenvalue weighted by Gasteiger charge is -2.39. The number of carboxylic acids is 1. The third-order valence-electron chi connectivity index (χ3n) is 3.67. The minimum Gasteiger partial charge on any atom is -0.480 e. The number of piperazine rings is 1. The molecule has 0 unspecified atom stereocenters. The molecule has 8 heteroatoms. The van der Waals surface area contributed by atoms with Gasteiger partial charge < -0.3 is 20.0 Å². The topological polar surface area (TPSA) is 84.3 Å². The van der Waals surface area contributed by atoms with E-state index in [-0.39, 0.29) is 6.03 Å². The Kier molecular flexibility index (Phi) is 5.00. The molecule has 2 aliphatic heterocycles. The number of hydrogen-bond acceptors (Lipinski definition) is 5. The number of thioether (sulfide) groups is 1. The summed E-state index contributed by atoms with van der Waals surface area (Å²) in [5.74, 6) is -0.0339. The molecular weight excluding hydrogens is 294 g/mol. The zero-order chi connectivity index (χ0) is 15.6.